The largest absolute Gasteiger partial charge is 0.444 e. The first-order valence-corrected chi connectivity index (χ1v) is 6.53. The van der Waals surface area contributed by atoms with Crippen LogP contribution in [-0.2, 0) is 4.74 Å². The van der Waals surface area contributed by atoms with Crippen molar-refractivity contribution >= 4 is 11.7 Å². The van der Waals surface area contributed by atoms with Crippen LogP contribution in [-0.4, -0.2) is 34.7 Å². The first-order chi connectivity index (χ1) is 8.96. The van der Waals surface area contributed by atoms with Crippen LogP contribution in [0.25, 0.3) is 5.57 Å². The fraction of sp³-hybridized carbons (Fsp3) is 0.467. The number of nitrogens with zero attached hydrogens (tertiary/aromatic N) is 2. The average Bonchev–Trinajstić information content (AvgIpc) is 2.38. The monoisotopic (exact) mass is 260 g/mol. The number of carbonyl (C=O) groups is 1. The van der Waals surface area contributed by atoms with Crippen LogP contribution < -0.4 is 0 Å². The van der Waals surface area contributed by atoms with E-state index in [2.05, 4.69) is 11.1 Å². The van der Waals surface area contributed by atoms with Gasteiger partial charge in [0.1, 0.15) is 5.60 Å². The zero-order valence-electron chi connectivity index (χ0n) is 11.7. The van der Waals surface area contributed by atoms with Crippen molar-refractivity contribution in [2.24, 2.45) is 0 Å². The van der Waals surface area contributed by atoms with Crippen LogP contribution in [0.3, 0.4) is 0 Å². The zero-order valence-corrected chi connectivity index (χ0v) is 11.7. The molecule has 1 aromatic rings. The predicted octanol–water partition coefficient (Wildman–Crippen LogP) is 3.11. The van der Waals surface area contributed by atoms with Gasteiger partial charge in [-0.05, 0) is 50.5 Å². The zero-order chi connectivity index (χ0) is 13.9. The number of rotatable bonds is 1. The van der Waals surface area contributed by atoms with Crippen LogP contribution in [0.5, 0.6) is 0 Å². The summed E-state index contributed by atoms with van der Waals surface area (Å²) in [6, 6.07) is 3.93. The normalized spacial score (nSPS) is 15.9. The Balaban J connectivity index is 2.05. The Bertz CT molecular complexity index is 475. The third kappa shape index (κ3) is 3.81. The van der Waals surface area contributed by atoms with Gasteiger partial charge in [0.15, 0.2) is 0 Å². The van der Waals surface area contributed by atoms with Gasteiger partial charge in [0.25, 0.3) is 0 Å². The summed E-state index contributed by atoms with van der Waals surface area (Å²) in [6.45, 7) is 6.96. The molecule has 0 bridgehead atoms. The molecular formula is C15H20N2O2. The van der Waals surface area contributed by atoms with E-state index in [9.17, 15) is 4.79 Å². The molecule has 0 atom stereocenters. The van der Waals surface area contributed by atoms with Crippen molar-refractivity contribution in [1.82, 2.24) is 9.88 Å². The van der Waals surface area contributed by atoms with Crippen LogP contribution in [0, 0.1) is 0 Å². The van der Waals surface area contributed by atoms with E-state index in [4.69, 9.17) is 4.74 Å². The minimum absolute atomic E-state index is 0.243. The Morgan fingerprint density at radius 3 is 2.63 bits per heavy atom. The molecule has 0 N–H and O–H groups in total. The van der Waals surface area contributed by atoms with E-state index in [1.807, 2.05) is 32.9 Å². The molecule has 2 heterocycles. The summed E-state index contributed by atoms with van der Waals surface area (Å²) in [4.78, 5) is 17.8. The number of pyridine rings is 1. The minimum Gasteiger partial charge on any atom is -0.444 e. The number of aromatic nitrogens is 1. The van der Waals surface area contributed by atoms with Crippen molar-refractivity contribution in [3.05, 3.63) is 36.2 Å². The van der Waals surface area contributed by atoms with Gasteiger partial charge >= 0.3 is 6.09 Å². The van der Waals surface area contributed by atoms with E-state index < -0.39 is 5.60 Å². The van der Waals surface area contributed by atoms with E-state index in [1.165, 1.54) is 0 Å². The maximum atomic E-state index is 12.1. The van der Waals surface area contributed by atoms with Crippen LogP contribution in [0.2, 0.25) is 0 Å². The molecule has 1 aliphatic heterocycles. The summed E-state index contributed by atoms with van der Waals surface area (Å²) in [5.74, 6) is 0. The third-order valence-electron chi connectivity index (χ3n) is 2.85. The van der Waals surface area contributed by atoms with E-state index in [1.54, 1.807) is 17.3 Å². The number of amides is 1. The number of hydrogen-bond acceptors (Lipinski definition) is 3. The van der Waals surface area contributed by atoms with Gasteiger partial charge in [0.2, 0.25) is 0 Å². The summed E-state index contributed by atoms with van der Waals surface area (Å²) in [6.07, 6.45) is 6.32. The average molecular weight is 260 g/mol. The predicted molar refractivity (Wildman–Crippen MR) is 74.6 cm³/mol. The van der Waals surface area contributed by atoms with E-state index in [0.29, 0.717) is 13.1 Å². The topological polar surface area (TPSA) is 42.4 Å². The lowest BCUT2D eigenvalue weighted by Crippen LogP contribution is -2.39. The fourth-order valence-corrected chi connectivity index (χ4v) is 2.00. The van der Waals surface area contributed by atoms with Crippen molar-refractivity contribution in [3.8, 4) is 0 Å². The van der Waals surface area contributed by atoms with Gasteiger partial charge in [-0.1, -0.05) is 6.08 Å². The Morgan fingerprint density at radius 2 is 2.00 bits per heavy atom. The highest BCUT2D eigenvalue weighted by Crippen LogP contribution is 2.21. The van der Waals surface area contributed by atoms with Crippen LogP contribution >= 0.6 is 0 Å². The quantitative estimate of drug-likeness (QED) is 0.779. The molecule has 1 amide bonds. The van der Waals surface area contributed by atoms with Crippen LogP contribution in [0.15, 0.2) is 30.6 Å². The molecule has 0 unspecified atom stereocenters. The number of ether oxygens (including phenoxy) is 1. The second kappa shape index (κ2) is 5.43. The van der Waals surface area contributed by atoms with Gasteiger partial charge < -0.3 is 9.64 Å². The third-order valence-corrected chi connectivity index (χ3v) is 2.85. The minimum atomic E-state index is -0.449. The van der Waals surface area contributed by atoms with Crippen molar-refractivity contribution in [2.45, 2.75) is 32.8 Å². The maximum absolute atomic E-state index is 12.1. The molecule has 102 valence electrons. The van der Waals surface area contributed by atoms with Gasteiger partial charge in [-0.25, -0.2) is 4.79 Å². The highest BCUT2D eigenvalue weighted by molar-refractivity contribution is 5.75. The molecule has 0 saturated heterocycles. The molecule has 0 fully saturated rings. The summed E-state index contributed by atoms with van der Waals surface area (Å²) in [7, 11) is 0. The molecule has 1 aliphatic rings. The first kappa shape index (κ1) is 13.6. The summed E-state index contributed by atoms with van der Waals surface area (Å²) in [5.41, 5.74) is 1.82. The number of hydrogen-bond donors (Lipinski definition) is 0. The van der Waals surface area contributed by atoms with Crippen molar-refractivity contribution in [1.29, 1.82) is 0 Å². The lowest BCUT2D eigenvalue weighted by molar-refractivity contribution is 0.0273. The van der Waals surface area contributed by atoms with Crippen molar-refractivity contribution in [3.63, 3.8) is 0 Å². The standard InChI is InChI=1S/C15H20N2O2/c1-15(2,3)19-14(18)17-10-4-5-13(11-17)12-6-8-16-9-7-12/h5-9H,4,10-11H2,1-3H3. The Labute approximate surface area is 114 Å². The SMILES string of the molecule is CC(C)(C)OC(=O)N1CCC=C(c2ccncc2)C1. The van der Waals surface area contributed by atoms with Crippen molar-refractivity contribution in [2.75, 3.05) is 13.1 Å². The first-order valence-electron chi connectivity index (χ1n) is 6.53. The second-order valence-corrected chi connectivity index (χ2v) is 5.66. The Hall–Kier alpha value is -1.84. The fourth-order valence-electron chi connectivity index (χ4n) is 2.00. The molecule has 0 aliphatic carbocycles. The van der Waals surface area contributed by atoms with Crippen molar-refractivity contribution < 1.29 is 9.53 Å². The van der Waals surface area contributed by atoms with Crippen LogP contribution in [0.1, 0.15) is 32.8 Å². The molecule has 4 heteroatoms. The van der Waals surface area contributed by atoms with Crippen LogP contribution in [0.4, 0.5) is 4.79 Å². The van der Waals surface area contributed by atoms with Gasteiger partial charge in [-0.2, -0.15) is 0 Å². The smallest absolute Gasteiger partial charge is 0.410 e. The Kier molecular flexibility index (Phi) is 3.88. The van der Waals surface area contributed by atoms with E-state index in [0.717, 1.165) is 17.6 Å². The lowest BCUT2D eigenvalue weighted by Gasteiger charge is -2.30. The molecule has 19 heavy (non-hydrogen) atoms. The molecule has 4 nitrogen and oxygen atoms in total. The molecule has 2 rings (SSSR count). The molecular weight excluding hydrogens is 240 g/mol. The Morgan fingerprint density at radius 1 is 1.32 bits per heavy atom. The van der Waals surface area contributed by atoms with Gasteiger partial charge in [-0.15, -0.1) is 0 Å². The molecule has 0 radical (unpaired) electrons. The maximum Gasteiger partial charge on any atom is 0.410 e. The summed E-state index contributed by atoms with van der Waals surface area (Å²) >= 11 is 0. The molecule has 0 aromatic carbocycles. The highest BCUT2D eigenvalue weighted by Gasteiger charge is 2.24. The molecule has 1 aromatic heterocycles. The highest BCUT2D eigenvalue weighted by atomic mass is 16.6. The lowest BCUT2D eigenvalue weighted by atomic mass is 10.0. The van der Waals surface area contributed by atoms with Gasteiger partial charge in [0, 0.05) is 25.5 Å². The number of carbonyl (C=O) groups excluding carboxylic acids is 1. The second-order valence-electron chi connectivity index (χ2n) is 5.66. The molecule has 0 saturated carbocycles. The summed E-state index contributed by atoms with van der Waals surface area (Å²) < 4.78 is 5.41. The van der Waals surface area contributed by atoms with E-state index in [-0.39, 0.29) is 6.09 Å². The van der Waals surface area contributed by atoms with Gasteiger partial charge in [0.05, 0.1) is 0 Å². The molecule has 0 spiro atoms. The summed E-state index contributed by atoms with van der Waals surface area (Å²) in [5, 5.41) is 0. The van der Waals surface area contributed by atoms with Gasteiger partial charge in [-0.3, -0.25) is 4.98 Å². The van der Waals surface area contributed by atoms with E-state index >= 15 is 0 Å².